The highest BCUT2D eigenvalue weighted by molar-refractivity contribution is 7.98. The third-order valence-electron chi connectivity index (χ3n) is 3.23. The second-order valence-corrected chi connectivity index (χ2v) is 6.24. The molecule has 4 nitrogen and oxygen atoms in total. The Bertz CT molecular complexity index is 801. The maximum absolute atomic E-state index is 6.08. The highest BCUT2D eigenvalue weighted by atomic mass is 35.5. The minimum atomic E-state index is 0.646. The van der Waals surface area contributed by atoms with Crippen LogP contribution in [0.25, 0.3) is 11.4 Å². The van der Waals surface area contributed by atoms with Gasteiger partial charge in [0.15, 0.2) is 11.0 Å². The van der Waals surface area contributed by atoms with E-state index >= 15 is 0 Å². The second kappa shape index (κ2) is 7.44. The number of benzene rings is 1. The highest BCUT2D eigenvalue weighted by Gasteiger charge is 2.13. The van der Waals surface area contributed by atoms with E-state index in [1.165, 1.54) is 5.56 Å². The summed E-state index contributed by atoms with van der Waals surface area (Å²) in [5.41, 5.74) is 2.14. The summed E-state index contributed by atoms with van der Waals surface area (Å²) in [4.78, 5) is 4.03. The molecule has 3 aromatic rings. The lowest BCUT2D eigenvalue weighted by Crippen LogP contribution is -2.00. The number of aromatic nitrogens is 4. The molecule has 0 saturated heterocycles. The van der Waals surface area contributed by atoms with Gasteiger partial charge in [-0.25, -0.2) is 0 Å². The van der Waals surface area contributed by atoms with Crippen molar-refractivity contribution in [3.8, 4) is 11.4 Å². The number of hydrogen-bond donors (Lipinski definition) is 0. The molecule has 0 saturated carbocycles. The number of allylic oxidation sites excluding steroid dienone is 1. The molecule has 116 valence electrons. The maximum Gasteiger partial charge on any atom is 0.192 e. The molecule has 1 aromatic carbocycles. The quantitative estimate of drug-likeness (QED) is 0.489. The van der Waals surface area contributed by atoms with Crippen LogP contribution in [0.1, 0.15) is 5.56 Å². The third kappa shape index (κ3) is 3.81. The van der Waals surface area contributed by atoms with E-state index in [1.54, 1.807) is 24.2 Å². The van der Waals surface area contributed by atoms with Gasteiger partial charge in [0.2, 0.25) is 0 Å². The lowest BCUT2D eigenvalue weighted by Gasteiger charge is -2.08. The van der Waals surface area contributed by atoms with Crippen molar-refractivity contribution in [1.82, 2.24) is 19.7 Å². The van der Waals surface area contributed by atoms with Crippen LogP contribution in [0.4, 0.5) is 0 Å². The summed E-state index contributed by atoms with van der Waals surface area (Å²) in [6.07, 6.45) is 5.43. The van der Waals surface area contributed by atoms with Crippen molar-refractivity contribution in [1.29, 1.82) is 0 Å². The van der Waals surface area contributed by atoms with Gasteiger partial charge in [0.1, 0.15) is 0 Å². The van der Waals surface area contributed by atoms with Crippen LogP contribution in [-0.4, -0.2) is 19.7 Å². The van der Waals surface area contributed by atoms with Crippen molar-refractivity contribution < 1.29 is 0 Å². The van der Waals surface area contributed by atoms with Crippen LogP contribution in [0.2, 0.25) is 5.02 Å². The van der Waals surface area contributed by atoms with Crippen molar-refractivity contribution in [3.05, 3.63) is 72.0 Å². The topological polar surface area (TPSA) is 43.6 Å². The molecule has 0 fully saturated rings. The lowest BCUT2D eigenvalue weighted by molar-refractivity contribution is 0.731. The number of halogens is 1. The van der Waals surface area contributed by atoms with Crippen LogP contribution < -0.4 is 0 Å². The molecule has 0 N–H and O–H groups in total. The fourth-order valence-electron chi connectivity index (χ4n) is 2.16. The average Bonchev–Trinajstić information content (AvgIpc) is 2.97. The minimum Gasteiger partial charge on any atom is -0.298 e. The van der Waals surface area contributed by atoms with E-state index in [0.29, 0.717) is 11.6 Å². The zero-order chi connectivity index (χ0) is 16.1. The van der Waals surface area contributed by atoms with Gasteiger partial charge in [-0.2, -0.15) is 0 Å². The average molecular weight is 343 g/mol. The molecule has 3 rings (SSSR count). The molecular formula is C17H15ClN4S. The van der Waals surface area contributed by atoms with E-state index in [0.717, 1.165) is 22.3 Å². The molecule has 0 spiro atoms. The molecule has 0 atom stereocenters. The van der Waals surface area contributed by atoms with Gasteiger partial charge in [0.25, 0.3) is 0 Å². The Hall–Kier alpha value is -2.11. The summed E-state index contributed by atoms with van der Waals surface area (Å²) >= 11 is 7.72. The molecular weight excluding hydrogens is 328 g/mol. The molecule has 6 heteroatoms. The largest absolute Gasteiger partial charge is 0.298 e. The van der Waals surface area contributed by atoms with Gasteiger partial charge in [-0.15, -0.1) is 16.8 Å². The minimum absolute atomic E-state index is 0.646. The van der Waals surface area contributed by atoms with Crippen molar-refractivity contribution in [3.63, 3.8) is 0 Å². The normalized spacial score (nSPS) is 10.7. The Kier molecular flexibility index (Phi) is 5.10. The van der Waals surface area contributed by atoms with Crippen molar-refractivity contribution in [2.45, 2.75) is 17.5 Å². The molecule has 0 aliphatic carbocycles. The van der Waals surface area contributed by atoms with E-state index in [1.807, 2.05) is 47.0 Å². The van der Waals surface area contributed by atoms with E-state index in [2.05, 4.69) is 21.8 Å². The third-order valence-corrected chi connectivity index (χ3v) is 4.50. The molecule has 0 radical (unpaired) electrons. The number of pyridine rings is 1. The number of thioether (sulfide) groups is 1. The fourth-order valence-corrected chi connectivity index (χ4v) is 3.25. The Balaban J connectivity index is 1.88. The number of hydrogen-bond acceptors (Lipinski definition) is 4. The number of rotatable bonds is 6. The van der Waals surface area contributed by atoms with Crippen molar-refractivity contribution >= 4 is 23.4 Å². The summed E-state index contributed by atoms with van der Waals surface area (Å²) in [6.45, 7) is 4.47. The molecule has 23 heavy (non-hydrogen) atoms. The first kappa shape index (κ1) is 15.8. The predicted octanol–water partition coefficient (Wildman–Crippen LogP) is 4.47. The predicted molar refractivity (Wildman–Crippen MR) is 94.5 cm³/mol. The summed E-state index contributed by atoms with van der Waals surface area (Å²) in [5.74, 6) is 1.61. The molecule has 0 amide bonds. The van der Waals surface area contributed by atoms with Gasteiger partial charge >= 0.3 is 0 Å². The summed E-state index contributed by atoms with van der Waals surface area (Å²) < 4.78 is 2.05. The molecule has 0 aliphatic rings. The van der Waals surface area contributed by atoms with Crippen LogP contribution >= 0.6 is 23.4 Å². The molecule has 0 unspecified atom stereocenters. The van der Waals surface area contributed by atoms with Crippen LogP contribution in [0.3, 0.4) is 0 Å². The standard InChI is InChI=1S/C17H15ClN4S/c1-2-10-22-16(14-4-3-5-15(18)11-14)20-21-17(22)23-12-13-6-8-19-9-7-13/h2-9,11H,1,10,12H2. The molecule has 2 heterocycles. The zero-order valence-electron chi connectivity index (χ0n) is 12.4. The number of nitrogens with zero attached hydrogens (tertiary/aromatic N) is 4. The van der Waals surface area contributed by atoms with Gasteiger partial charge in [0, 0.05) is 35.3 Å². The van der Waals surface area contributed by atoms with Gasteiger partial charge in [-0.3, -0.25) is 9.55 Å². The van der Waals surface area contributed by atoms with E-state index in [9.17, 15) is 0 Å². The maximum atomic E-state index is 6.08. The van der Waals surface area contributed by atoms with Gasteiger partial charge in [-0.05, 0) is 29.8 Å². The van der Waals surface area contributed by atoms with Crippen LogP contribution in [-0.2, 0) is 12.3 Å². The van der Waals surface area contributed by atoms with E-state index in [-0.39, 0.29) is 0 Å². The Labute approximate surface area is 144 Å². The van der Waals surface area contributed by atoms with E-state index < -0.39 is 0 Å². The molecule has 0 aliphatic heterocycles. The van der Waals surface area contributed by atoms with Crippen LogP contribution in [0.5, 0.6) is 0 Å². The summed E-state index contributed by atoms with van der Waals surface area (Å²) in [7, 11) is 0. The van der Waals surface area contributed by atoms with Crippen LogP contribution in [0.15, 0.2) is 66.6 Å². The SMILES string of the molecule is C=CCn1c(SCc2ccncc2)nnc1-c1cccc(Cl)c1. The second-order valence-electron chi connectivity index (χ2n) is 4.86. The Morgan fingerprint density at radius 1 is 1.17 bits per heavy atom. The van der Waals surface area contributed by atoms with Gasteiger partial charge in [0.05, 0.1) is 0 Å². The Morgan fingerprint density at radius 3 is 2.74 bits per heavy atom. The first-order valence-electron chi connectivity index (χ1n) is 7.09. The van der Waals surface area contributed by atoms with Crippen LogP contribution in [0, 0.1) is 0 Å². The van der Waals surface area contributed by atoms with E-state index in [4.69, 9.17) is 11.6 Å². The summed E-state index contributed by atoms with van der Waals surface area (Å²) in [5, 5.41) is 10.2. The van der Waals surface area contributed by atoms with Crippen molar-refractivity contribution in [2.24, 2.45) is 0 Å². The molecule has 0 bridgehead atoms. The lowest BCUT2D eigenvalue weighted by atomic mass is 10.2. The first-order chi connectivity index (χ1) is 11.3. The highest BCUT2D eigenvalue weighted by Crippen LogP contribution is 2.27. The smallest absolute Gasteiger partial charge is 0.192 e. The summed E-state index contributed by atoms with van der Waals surface area (Å²) in [6, 6.07) is 11.6. The molecule has 2 aromatic heterocycles. The fraction of sp³-hybridized carbons (Fsp3) is 0.118. The Morgan fingerprint density at radius 2 is 2.00 bits per heavy atom. The van der Waals surface area contributed by atoms with Gasteiger partial charge < -0.3 is 0 Å². The zero-order valence-corrected chi connectivity index (χ0v) is 14.0. The van der Waals surface area contributed by atoms with Crippen molar-refractivity contribution in [2.75, 3.05) is 0 Å². The first-order valence-corrected chi connectivity index (χ1v) is 8.46. The van der Waals surface area contributed by atoms with Gasteiger partial charge in [-0.1, -0.05) is 41.6 Å². The monoisotopic (exact) mass is 342 g/mol.